The van der Waals surface area contributed by atoms with Crippen LogP contribution >= 0.6 is 0 Å². The number of hydrogen-bond donors (Lipinski definition) is 3. The van der Waals surface area contributed by atoms with E-state index in [-0.39, 0.29) is 5.03 Å². The first kappa shape index (κ1) is 12.5. The third-order valence-electron chi connectivity index (χ3n) is 2.77. The lowest BCUT2D eigenvalue weighted by Crippen LogP contribution is -2.26. The van der Waals surface area contributed by atoms with Crippen molar-refractivity contribution in [1.82, 2.24) is 20.2 Å². The molecule has 0 saturated heterocycles. The number of aromatic nitrogens is 2. The average molecular weight is 258 g/mol. The van der Waals surface area contributed by atoms with Crippen molar-refractivity contribution in [3.8, 4) is 0 Å². The van der Waals surface area contributed by atoms with Crippen molar-refractivity contribution < 1.29 is 8.42 Å². The molecule has 0 radical (unpaired) electrons. The molecule has 0 amide bonds. The molecule has 17 heavy (non-hydrogen) atoms. The highest BCUT2D eigenvalue weighted by molar-refractivity contribution is 7.89. The number of rotatable bonds is 6. The van der Waals surface area contributed by atoms with Crippen LogP contribution < -0.4 is 10.0 Å². The van der Waals surface area contributed by atoms with Gasteiger partial charge in [-0.2, -0.15) is 5.10 Å². The molecule has 0 aromatic carbocycles. The maximum absolute atomic E-state index is 11.9. The SMILES string of the molecule is CCNS(=O)(=O)c1n[nH]c(C)c1CNC1CC1. The summed E-state index contributed by atoms with van der Waals surface area (Å²) in [5.41, 5.74) is 1.53. The van der Waals surface area contributed by atoms with E-state index in [0.29, 0.717) is 19.1 Å². The highest BCUT2D eigenvalue weighted by Gasteiger charge is 2.25. The zero-order chi connectivity index (χ0) is 12.5. The number of hydrogen-bond acceptors (Lipinski definition) is 4. The maximum Gasteiger partial charge on any atom is 0.260 e. The Labute approximate surface area is 101 Å². The molecular weight excluding hydrogens is 240 g/mol. The molecule has 0 aliphatic heterocycles. The van der Waals surface area contributed by atoms with Gasteiger partial charge in [-0.15, -0.1) is 0 Å². The first-order valence-corrected chi connectivity index (χ1v) is 7.29. The summed E-state index contributed by atoms with van der Waals surface area (Å²) in [4.78, 5) is 0. The zero-order valence-electron chi connectivity index (χ0n) is 10.1. The summed E-state index contributed by atoms with van der Waals surface area (Å²) in [5.74, 6) is 0. The van der Waals surface area contributed by atoms with Crippen molar-refractivity contribution >= 4 is 10.0 Å². The molecule has 0 bridgehead atoms. The maximum atomic E-state index is 11.9. The Kier molecular flexibility index (Phi) is 3.50. The predicted octanol–water partition coefficient (Wildman–Crippen LogP) is 0.268. The van der Waals surface area contributed by atoms with Crippen molar-refractivity contribution in [3.05, 3.63) is 11.3 Å². The van der Waals surface area contributed by atoms with Crippen molar-refractivity contribution in [2.75, 3.05) is 6.54 Å². The summed E-state index contributed by atoms with van der Waals surface area (Å²) in [7, 11) is -3.48. The van der Waals surface area contributed by atoms with Crippen LogP contribution in [0.15, 0.2) is 5.03 Å². The van der Waals surface area contributed by atoms with Gasteiger partial charge in [-0.1, -0.05) is 6.92 Å². The molecule has 1 aromatic heterocycles. The second kappa shape index (κ2) is 4.75. The van der Waals surface area contributed by atoms with Crippen LogP contribution in [-0.4, -0.2) is 31.2 Å². The molecule has 1 aliphatic rings. The second-order valence-electron chi connectivity index (χ2n) is 4.29. The van der Waals surface area contributed by atoms with Crippen LogP contribution in [-0.2, 0) is 16.6 Å². The average Bonchev–Trinajstić information content (AvgIpc) is 2.99. The van der Waals surface area contributed by atoms with E-state index in [1.165, 1.54) is 12.8 Å². The van der Waals surface area contributed by atoms with Gasteiger partial charge in [-0.05, 0) is 19.8 Å². The van der Waals surface area contributed by atoms with Crippen LogP contribution in [0.2, 0.25) is 0 Å². The number of sulfonamides is 1. The molecule has 0 unspecified atom stereocenters. The summed E-state index contributed by atoms with van der Waals surface area (Å²) in [6.45, 7) is 4.50. The van der Waals surface area contributed by atoms with Crippen LogP contribution in [0.25, 0.3) is 0 Å². The Bertz CT molecular complexity index is 490. The zero-order valence-corrected chi connectivity index (χ0v) is 10.9. The highest BCUT2D eigenvalue weighted by atomic mass is 32.2. The lowest BCUT2D eigenvalue weighted by molar-refractivity contribution is 0.576. The first-order valence-electron chi connectivity index (χ1n) is 5.81. The summed E-state index contributed by atoms with van der Waals surface area (Å²) in [6.07, 6.45) is 2.35. The Balaban J connectivity index is 2.20. The van der Waals surface area contributed by atoms with Gasteiger partial charge in [0.2, 0.25) is 0 Å². The molecule has 3 N–H and O–H groups in total. The normalized spacial score (nSPS) is 16.4. The summed E-state index contributed by atoms with van der Waals surface area (Å²) >= 11 is 0. The standard InChI is InChI=1S/C10H18N4O2S/c1-3-12-17(15,16)10-9(7(2)13-14-10)6-11-8-4-5-8/h8,11-12H,3-6H2,1-2H3,(H,13,14). The Hall–Kier alpha value is -0.920. The van der Waals surface area contributed by atoms with Gasteiger partial charge in [0.25, 0.3) is 10.0 Å². The van der Waals surface area contributed by atoms with Gasteiger partial charge in [-0.25, -0.2) is 13.1 Å². The van der Waals surface area contributed by atoms with Gasteiger partial charge >= 0.3 is 0 Å². The molecule has 1 aliphatic carbocycles. The molecule has 7 heteroatoms. The lowest BCUT2D eigenvalue weighted by atomic mass is 10.2. The largest absolute Gasteiger partial charge is 0.310 e. The fraction of sp³-hybridized carbons (Fsp3) is 0.700. The van der Waals surface area contributed by atoms with E-state index in [0.717, 1.165) is 11.3 Å². The quantitative estimate of drug-likeness (QED) is 0.683. The monoisotopic (exact) mass is 258 g/mol. The van der Waals surface area contributed by atoms with E-state index >= 15 is 0 Å². The summed E-state index contributed by atoms with van der Waals surface area (Å²) < 4.78 is 26.3. The van der Waals surface area contributed by atoms with Crippen LogP contribution in [0.4, 0.5) is 0 Å². The number of nitrogens with one attached hydrogen (secondary N) is 3. The van der Waals surface area contributed by atoms with Crippen LogP contribution in [0.1, 0.15) is 31.0 Å². The minimum Gasteiger partial charge on any atom is -0.310 e. The number of H-pyrrole nitrogens is 1. The van der Waals surface area contributed by atoms with Gasteiger partial charge in [0.05, 0.1) is 0 Å². The molecule has 2 rings (SSSR count). The number of nitrogens with zero attached hydrogens (tertiary/aromatic N) is 1. The Morgan fingerprint density at radius 2 is 2.18 bits per heavy atom. The third-order valence-corrected chi connectivity index (χ3v) is 4.29. The van der Waals surface area contributed by atoms with E-state index in [4.69, 9.17) is 0 Å². The molecule has 1 heterocycles. The molecule has 0 atom stereocenters. The Morgan fingerprint density at radius 1 is 1.47 bits per heavy atom. The topological polar surface area (TPSA) is 86.9 Å². The van der Waals surface area contributed by atoms with Crippen molar-refractivity contribution in [2.24, 2.45) is 0 Å². The van der Waals surface area contributed by atoms with Gasteiger partial charge in [0.1, 0.15) is 0 Å². The van der Waals surface area contributed by atoms with Gasteiger partial charge in [0, 0.05) is 30.4 Å². The fourth-order valence-corrected chi connectivity index (χ4v) is 2.88. The van der Waals surface area contributed by atoms with Crippen molar-refractivity contribution in [2.45, 2.75) is 44.3 Å². The summed E-state index contributed by atoms with van der Waals surface area (Å²) in [6, 6.07) is 0.541. The van der Waals surface area contributed by atoms with E-state index in [9.17, 15) is 8.42 Å². The molecular formula is C10H18N4O2S. The minimum absolute atomic E-state index is 0.116. The molecule has 96 valence electrons. The smallest absolute Gasteiger partial charge is 0.260 e. The van der Waals surface area contributed by atoms with Crippen molar-refractivity contribution in [1.29, 1.82) is 0 Å². The highest BCUT2D eigenvalue weighted by Crippen LogP contribution is 2.21. The van der Waals surface area contributed by atoms with E-state index in [2.05, 4.69) is 20.2 Å². The van der Waals surface area contributed by atoms with Crippen molar-refractivity contribution in [3.63, 3.8) is 0 Å². The van der Waals surface area contributed by atoms with Gasteiger partial charge in [0.15, 0.2) is 5.03 Å². The minimum atomic E-state index is -3.48. The van der Waals surface area contributed by atoms with E-state index < -0.39 is 10.0 Å². The van der Waals surface area contributed by atoms with Gasteiger partial charge < -0.3 is 5.32 Å². The molecule has 1 aromatic rings. The van der Waals surface area contributed by atoms with E-state index in [1.807, 2.05) is 6.92 Å². The predicted molar refractivity (Wildman–Crippen MR) is 64.0 cm³/mol. The van der Waals surface area contributed by atoms with Crippen LogP contribution in [0.5, 0.6) is 0 Å². The molecule has 1 fully saturated rings. The first-order chi connectivity index (χ1) is 8.04. The molecule has 1 saturated carbocycles. The Morgan fingerprint density at radius 3 is 2.76 bits per heavy atom. The summed E-state index contributed by atoms with van der Waals surface area (Å²) in [5, 5.41) is 10.0. The molecule has 6 nitrogen and oxygen atoms in total. The molecule has 0 spiro atoms. The number of aryl methyl sites for hydroxylation is 1. The second-order valence-corrected chi connectivity index (χ2v) is 5.97. The van der Waals surface area contributed by atoms with E-state index in [1.54, 1.807) is 6.92 Å². The third kappa shape index (κ3) is 2.85. The van der Waals surface area contributed by atoms with Crippen LogP contribution in [0, 0.1) is 6.92 Å². The number of aromatic amines is 1. The van der Waals surface area contributed by atoms with Gasteiger partial charge in [-0.3, -0.25) is 5.10 Å². The lowest BCUT2D eigenvalue weighted by Gasteiger charge is -2.06. The van der Waals surface area contributed by atoms with Crippen LogP contribution in [0.3, 0.4) is 0 Å². The fourth-order valence-electron chi connectivity index (χ4n) is 1.65.